The first-order chi connectivity index (χ1) is 15.2. The van der Waals surface area contributed by atoms with Crippen LogP contribution in [0.2, 0.25) is 0 Å². The summed E-state index contributed by atoms with van der Waals surface area (Å²) in [5.74, 6) is 1.74. The summed E-state index contributed by atoms with van der Waals surface area (Å²) in [5, 5.41) is 7.64. The third kappa shape index (κ3) is 5.38. The number of benzene rings is 1. The topological polar surface area (TPSA) is 73.4 Å². The number of piperazine rings is 1. The number of carbonyl (C=O) groups excluding carboxylic acids is 1. The molecule has 7 nitrogen and oxygen atoms in total. The third-order valence-corrected chi connectivity index (χ3v) is 6.61. The van der Waals surface area contributed by atoms with Crippen LogP contribution in [0.5, 0.6) is 0 Å². The first-order valence-electron chi connectivity index (χ1n) is 12.0. The zero-order valence-electron chi connectivity index (χ0n) is 20.2. The van der Waals surface area contributed by atoms with Crippen LogP contribution in [0.3, 0.4) is 0 Å². The molecule has 1 amide bonds. The first-order valence-corrected chi connectivity index (χ1v) is 12.0. The van der Waals surface area contributed by atoms with Gasteiger partial charge in [-0.1, -0.05) is 46.8 Å². The molecule has 4 rings (SSSR count). The van der Waals surface area contributed by atoms with Crippen molar-refractivity contribution in [2.45, 2.75) is 59.7 Å². The minimum Gasteiger partial charge on any atom is -0.358 e. The van der Waals surface area contributed by atoms with Crippen molar-refractivity contribution in [3.8, 4) is 0 Å². The fourth-order valence-corrected chi connectivity index (χ4v) is 4.55. The van der Waals surface area contributed by atoms with Crippen molar-refractivity contribution in [2.24, 2.45) is 11.3 Å². The van der Waals surface area contributed by atoms with E-state index in [9.17, 15) is 4.79 Å². The molecule has 1 unspecified atom stereocenters. The molecule has 1 saturated heterocycles. The highest BCUT2D eigenvalue weighted by atomic mass is 16.2. The number of amides is 1. The number of rotatable bonds is 3. The first kappa shape index (κ1) is 22.9. The minimum absolute atomic E-state index is 0.0397. The van der Waals surface area contributed by atoms with Gasteiger partial charge >= 0.3 is 0 Å². The Labute approximate surface area is 192 Å². The number of carbonyl (C=O) groups is 1. The lowest BCUT2D eigenvalue weighted by molar-refractivity contribution is -0.123. The van der Waals surface area contributed by atoms with Gasteiger partial charge in [-0.3, -0.25) is 9.69 Å². The summed E-state index contributed by atoms with van der Waals surface area (Å²) in [6.45, 7) is 16.4. The van der Waals surface area contributed by atoms with Gasteiger partial charge in [0, 0.05) is 37.6 Å². The summed E-state index contributed by atoms with van der Waals surface area (Å²) in [6, 6.07) is 7.95. The number of nitrogens with zero attached hydrogens (tertiary/aromatic N) is 4. The van der Waals surface area contributed by atoms with Gasteiger partial charge in [-0.15, -0.1) is 0 Å². The van der Waals surface area contributed by atoms with Gasteiger partial charge in [0.1, 0.15) is 17.7 Å². The van der Waals surface area contributed by atoms with Gasteiger partial charge in [-0.2, -0.15) is 0 Å². The molecule has 0 spiro atoms. The molecule has 1 fully saturated rings. The molecule has 174 valence electrons. The summed E-state index contributed by atoms with van der Waals surface area (Å²) in [6.07, 6.45) is 1.17. The third-order valence-electron chi connectivity index (χ3n) is 6.61. The smallest absolute Gasteiger partial charge is 0.242 e. The van der Waals surface area contributed by atoms with Gasteiger partial charge in [0.05, 0.1) is 12.1 Å². The van der Waals surface area contributed by atoms with Crippen LogP contribution in [-0.4, -0.2) is 70.5 Å². The van der Waals surface area contributed by atoms with Crippen LogP contribution in [0.1, 0.15) is 46.9 Å². The molecule has 7 heteroatoms. The van der Waals surface area contributed by atoms with E-state index in [1.807, 2.05) is 24.3 Å². The summed E-state index contributed by atoms with van der Waals surface area (Å²) in [4.78, 5) is 27.9. The second-order valence-corrected chi connectivity index (χ2v) is 10.9. The summed E-state index contributed by atoms with van der Waals surface area (Å²) < 4.78 is 0. The van der Waals surface area contributed by atoms with E-state index >= 15 is 0 Å². The van der Waals surface area contributed by atoms with Crippen molar-refractivity contribution in [2.75, 3.05) is 38.0 Å². The van der Waals surface area contributed by atoms with Crippen molar-refractivity contribution >= 4 is 22.6 Å². The minimum atomic E-state index is -0.340. The summed E-state index contributed by atoms with van der Waals surface area (Å²) in [5.41, 5.74) is 1.24. The van der Waals surface area contributed by atoms with Crippen molar-refractivity contribution in [1.29, 1.82) is 0 Å². The highest BCUT2D eigenvalue weighted by molar-refractivity contribution is 5.92. The molecule has 2 aliphatic heterocycles. The van der Waals surface area contributed by atoms with E-state index in [2.05, 4.69) is 55.1 Å². The maximum absolute atomic E-state index is 13.2. The molecule has 2 N–H and O–H groups in total. The quantitative estimate of drug-likeness (QED) is 0.767. The molecular formula is C25H38N6O. The molecule has 1 aromatic heterocycles. The van der Waals surface area contributed by atoms with Gasteiger partial charge in [0.15, 0.2) is 0 Å². The van der Waals surface area contributed by atoms with Gasteiger partial charge < -0.3 is 15.5 Å². The highest BCUT2D eigenvalue weighted by Crippen LogP contribution is 2.25. The monoisotopic (exact) mass is 438 g/mol. The second kappa shape index (κ2) is 9.32. The maximum atomic E-state index is 13.2. The Bertz CT molecular complexity index is 953. The van der Waals surface area contributed by atoms with Crippen LogP contribution in [0, 0.1) is 11.3 Å². The van der Waals surface area contributed by atoms with Gasteiger partial charge in [0.25, 0.3) is 0 Å². The zero-order chi connectivity index (χ0) is 22.9. The molecule has 0 saturated carbocycles. The molecule has 3 heterocycles. The Hall–Kier alpha value is -2.25. The van der Waals surface area contributed by atoms with Crippen molar-refractivity contribution in [1.82, 2.24) is 25.1 Å². The molecule has 0 radical (unpaired) electrons. The summed E-state index contributed by atoms with van der Waals surface area (Å²) >= 11 is 0. The Morgan fingerprint density at radius 3 is 2.69 bits per heavy atom. The SMILES string of the molecule is CC(C)[C@@H]1Nc2nc(nc3ccccc23)CN2CCN(CCC(C)(C)C)CC2CNC1=O. The Kier molecular flexibility index (Phi) is 6.67. The van der Waals surface area contributed by atoms with E-state index in [1.165, 1.54) is 6.42 Å². The Morgan fingerprint density at radius 2 is 1.94 bits per heavy atom. The van der Waals surface area contributed by atoms with E-state index in [1.54, 1.807) is 0 Å². The van der Waals surface area contributed by atoms with Crippen molar-refractivity contribution < 1.29 is 4.79 Å². The lowest BCUT2D eigenvalue weighted by Gasteiger charge is -2.42. The molecule has 2 aliphatic rings. The number of anilines is 1. The van der Waals surface area contributed by atoms with E-state index < -0.39 is 0 Å². The van der Waals surface area contributed by atoms with Gasteiger partial charge in [-0.25, -0.2) is 9.97 Å². The predicted octanol–water partition coefficient (Wildman–Crippen LogP) is 3.12. The number of fused-ring (bicyclic) bond motifs is 5. The molecule has 2 atom stereocenters. The molecule has 0 aliphatic carbocycles. The lowest BCUT2D eigenvalue weighted by Crippen LogP contribution is -2.57. The van der Waals surface area contributed by atoms with Crippen molar-refractivity contribution in [3.05, 3.63) is 30.1 Å². The number of hydrogen-bond donors (Lipinski definition) is 2. The number of nitrogens with one attached hydrogen (secondary N) is 2. The molecule has 2 aromatic rings. The molecule has 1 aromatic carbocycles. The number of aromatic nitrogens is 2. The van der Waals surface area contributed by atoms with Crippen LogP contribution < -0.4 is 10.6 Å². The van der Waals surface area contributed by atoms with E-state index in [0.717, 1.165) is 48.7 Å². The maximum Gasteiger partial charge on any atom is 0.242 e. The largest absolute Gasteiger partial charge is 0.358 e. The van der Waals surface area contributed by atoms with Gasteiger partial charge in [-0.05, 0) is 36.4 Å². The Morgan fingerprint density at radius 1 is 1.16 bits per heavy atom. The highest BCUT2D eigenvalue weighted by Gasteiger charge is 2.31. The van der Waals surface area contributed by atoms with E-state index in [0.29, 0.717) is 18.5 Å². The van der Waals surface area contributed by atoms with Crippen LogP contribution in [0.4, 0.5) is 5.82 Å². The fraction of sp³-hybridized carbons (Fsp3) is 0.640. The zero-order valence-corrected chi connectivity index (χ0v) is 20.2. The fourth-order valence-electron chi connectivity index (χ4n) is 4.55. The van der Waals surface area contributed by atoms with Crippen LogP contribution in [0.15, 0.2) is 24.3 Å². The number of hydrogen-bond acceptors (Lipinski definition) is 6. The molecule has 2 bridgehead atoms. The van der Waals surface area contributed by atoms with Crippen LogP contribution >= 0.6 is 0 Å². The average Bonchev–Trinajstić information content (AvgIpc) is 2.76. The molecular weight excluding hydrogens is 400 g/mol. The Balaban J connectivity index is 1.63. The van der Waals surface area contributed by atoms with Gasteiger partial charge in [0.2, 0.25) is 5.91 Å². The van der Waals surface area contributed by atoms with Crippen LogP contribution in [0.25, 0.3) is 10.9 Å². The normalized spacial score (nSPS) is 23.4. The van der Waals surface area contributed by atoms with E-state index in [4.69, 9.17) is 9.97 Å². The lowest BCUT2D eigenvalue weighted by atomic mass is 9.92. The predicted molar refractivity (Wildman–Crippen MR) is 130 cm³/mol. The van der Waals surface area contributed by atoms with Crippen molar-refractivity contribution in [3.63, 3.8) is 0 Å². The second-order valence-electron chi connectivity index (χ2n) is 10.9. The molecule has 32 heavy (non-hydrogen) atoms. The van der Waals surface area contributed by atoms with Crippen LogP contribution in [-0.2, 0) is 11.3 Å². The van der Waals surface area contributed by atoms with E-state index in [-0.39, 0.29) is 23.9 Å². The average molecular weight is 439 g/mol. The summed E-state index contributed by atoms with van der Waals surface area (Å²) in [7, 11) is 0. The standard InChI is InChI=1S/C25H38N6O/c1-17(2)22-24(32)26-14-18-15-30(11-10-25(3,4)5)12-13-31(18)16-21-27-20-9-7-6-8-19(20)23(28-21)29-22/h6-9,17-18,22H,10-16H2,1-5H3,(H,26,32)(H,27,28,29)/t18?,22-/m0/s1. The number of para-hydroxylation sites is 1.